The van der Waals surface area contributed by atoms with E-state index in [9.17, 15) is 14.7 Å². The van der Waals surface area contributed by atoms with E-state index < -0.39 is 17.7 Å². The van der Waals surface area contributed by atoms with Crippen molar-refractivity contribution in [2.24, 2.45) is 0 Å². The van der Waals surface area contributed by atoms with Gasteiger partial charge in [-0.25, -0.2) is 0 Å². The van der Waals surface area contributed by atoms with E-state index in [2.05, 4.69) is 4.98 Å². The van der Waals surface area contributed by atoms with Crippen LogP contribution in [-0.4, -0.2) is 39.9 Å². The smallest absolute Gasteiger partial charge is 0.295 e. The van der Waals surface area contributed by atoms with E-state index in [1.807, 2.05) is 48.5 Å². The second-order valence-corrected chi connectivity index (χ2v) is 8.72. The van der Waals surface area contributed by atoms with Crippen LogP contribution >= 0.6 is 0 Å². The molecule has 3 aromatic carbocycles. The number of fused-ring (bicyclic) bond motifs is 2. The third-order valence-corrected chi connectivity index (χ3v) is 6.55. The summed E-state index contributed by atoms with van der Waals surface area (Å²) in [4.78, 5) is 32.5. The highest BCUT2D eigenvalue weighted by molar-refractivity contribution is 6.46. The number of carbonyl (C=O) groups excluding carboxylic acids is 2. The maximum Gasteiger partial charge on any atom is 0.295 e. The number of Topliss-reactive ketones (excluding diaryl/α,β-unsaturated/α-hetero) is 1. The molecule has 2 aliphatic heterocycles. The van der Waals surface area contributed by atoms with Gasteiger partial charge in [0.05, 0.1) is 11.6 Å². The molecule has 1 unspecified atom stereocenters. The third kappa shape index (κ3) is 3.65. The van der Waals surface area contributed by atoms with Crippen LogP contribution in [-0.2, 0) is 16.1 Å². The first-order valence-corrected chi connectivity index (χ1v) is 11.7. The first-order chi connectivity index (χ1) is 17.6. The lowest BCUT2D eigenvalue weighted by Crippen LogP contribution is -2.29. The Kier molecular flexibility index (Phi) is 5.37. The number of amides is 1. The van der Waals surface area contributed by atoms with Gasteiger partial charge >= 0.3 is 0 Å². The fourth-order valence-corrected chi connectivity index (χ4v) is 4.89. The van der Waals surface area contributed by atoms with Gasteiger partial charge in [0.1, 0.15) is 19.0 Å². The van der Waals surface area contributed by atoms with Crippen LogP contribution < -0.4 is 9.47 Å². The van der Waals surface area contributed by atoms with Gasteiger partial charge in [0.15, 0.2) is 11.5 Å². The van der Waals surface area contributed by atoms with Gasteiger partial charge in [-0.2, -0.15) is 0 Å². The molecule has 0 spiro atoms. The Hall–Kier alpha value is -4.65. The molecule has 1 aromatic heterocycles. The molecule has 7 nitrogen and oxygen atoms in total. The number of aliphatic hydroxyl groups excluding tert-OH is 1. The number of hydrogen-bond donors (Lipinski definition) is 1. The van der Waals surface area contributed by atoms with Gasteiger partial charge in [0, 0.05) is 24.5 Å². The Balaban J connectivity index is 1.55. The maximum absolute atomic E-state index is 13.4. The SMILES string of the molecule is O=C1C(=O)N(Cc2cccnc2)C(c2cccc3ccccc23)/C1=C(\O)c1ccc2c(c1)OCCO2. The number of nitrogens with zero attached hydrogens (tertiary/aromatic N) is 2. The number of carbonyl (C=O) groups is 2. The van der Waals surface area contributed by atoms with E-state index >= 15 is 0 Å². The van der Waals surface area contributed by atoms with Crippen molar-refractivity contribution < 1.29 is 24.2 Å². The predicted molar refractivity (Wildman–Crippen MR) is 133 cm³/mol. The summed E-state index contributed by atoms with van der Waals surface area (Å²) in [6.45, 7) is 1.01. The molecule has 1 fully saturated rings. The van der Waals surface area contributed by atoms with Gasteiger partial charge in [0.2, 0.25) is 0 Å². The van der Waals surface area contributed by atoms with Crippen LogP contribution in [0.2, 0.25) is 0 Å². The number of pyridine rings is 1. The minimum atomic E-state index is -0.787. The van der Waals surface area contributed by atoms with Crippen molar-refractivity contribution in [2.75, 3.05) is 13.2 Å². The number of likely N-dealkylation sites (tertiary alicyclic amines) is 1. The molecule has 6 rings (SSSR count). The molecule has 1 amide bonds. The van der Waals surface area contributed by atoms with Crippen molar-refractivity contribution >= 4 is 28.2 Å². The van der Waals surface area contributed by atoms with Gasteiger partial charge < -0.3 is 19.5 Å². The summed E-state index contributed by atoms with van der Waals surface area (Å²) >= 11 is 0. The van der Waals surface area contributed by atoms with Crippen molar-refractivity contribution in [3.05, 3.63) is 107 Å². The van der Waals surface area contributed by atoms with Crippen molar-refractivity contribution in [2.45, 2.75) is 12.6 Å². The van der Waals surface area contributed by atoms with Crippen molar-refractivity contribution in [3.8, 4) is 11.5 Å². The van der Waals surface area contributed by atoms with E-state index in [1.165, 1.54) is 4.90 Å². The molecule has 1 N–H and O–H groups in total. The molecule has 0 saturated carbocycles. The van der Waals surface area contributed by atoms with E-state index in [4.69, 9.17) is 9.47 Å². The molecule has 7 heteroatoms. The van der Waals surface area contributed by atoms with Crippen LogP contribution in [0.3, 0.4) is 0 Å². The Bertz CT molecular complexity index is 1520. The molecule has 1 saturated heterocycles. The molecule has 36 heavy (non-hydrogen) atoms. The molecule has 178 valence electrons. The van der Waals surface area contributed by atoms with Gasteiger partial charge in [-0.1, -0.05) is 48.5 Å². The minimum Gasteiger partial charge on any atom is -0.507 e. The number of benzene rings is 3. The van der Waals surface area contributed by atoms with Crippen molar-refractivity contribution in [1.82, 2.24) is 9.88 Å². The predicted octanol–water partition coefficient (Wildman–Crippen LogP) is 4.63. The molecule has 0 bridgehead atoms. The van der Waals surface area contributed by atoms with Crippen LogP contribution in [0.15, 0.2) is 90.8 Å². The molecule has 0 radical (unpaired) electrons. The molecule has 2 aliphatic rings. The number of ketones is 1. The van der Waals surface area contributed by atoms with Crippen LogP contribution in [0, 0.1) is 0 Å². The fraction of sp³-hybridized carbons (Fsp3) is 0.138. The van der Waals surface area contributed by atoms with Gasteiger partial charge in [-0.15, -0.1) is 0 Å². The van der Waals surface area contributed by atoms with Gasteiger partial charge in [0.25, 0.3) is 11.7 Å². The summed E-state index contributed by atoms with van der Waals surface area (Å²) in [6, 6.07) is 21.4. The summed E-state index contributed by atoms with van der Waals surface area (Å²) in [7, 11) is 0. The fourth-order valence-electron chi connectivity index (χ4n) is 4.89. The third-order valence-electron chi connectivity index (χ3n) is 6.55. The molecule has 3 heterocycles. The molecule has 0 aliphatic carbocycles. The Morgan fingerprint density at radius 3 is 2.58 bits per heavy atom. The highest BCUT2D eigenvalue weighted by atomic mass is 16.6. The minimum absolute atomic E-state index is 0.0388. The Labute approximate surface area is 207 Å². The standard InChI is InChI=1S/C29H22N2O5/c32-27(20-10-11-23-24(15-20)36-14-13-35-23)25-26(22-9-3-7-19-6-1-2-8-21(19)22)31(29(34)28(25)33)17-18-5-4-12-30-16-18/h1-12,15-16,26,32H,13-14,17H2/b27-25+. The first-order valence-electron chi connectivity index (χ1n) is 11.7. The molecular weight excluding hydrogens is 456 g/mol. The Morgan fingerprint density at radius 2 is 1.75 bits per heavy atom. The van der Waals surface area contributed by atoms with Crippen LogP contribution in [0.4, 0.5) is 0 Å². The topological polar surface area (TPSA) is 89.0 Å². The number of ether oxygens (including phenoxy) is 2. The number of aromatic nitrogens is 1. The highest BCUT2D eigenvalue weighted by Gasteiger charge is 2.46. The normalized spacial score (nSPS) is 18.6. The molecular formula is C29H22N2O5. The van der Waals surface area contributed by atoms with Gasteiger partial charge in [-0.3, -0.25) is 14.6 Å². The molecule has 1 atom stereocenters. The second-order valence-electron chi connectivity index (χ2n) is 8.72. The van der Waals surface area contributed by atoms with Crippen molar-refractivity contribution in [3.63, 3.8) is 0 Å². The zero-order chi connectivity index (χ0) is 24.6. The summed E-state index contributed by atoms with van der Waals surface area (Å²) < 4.78 is 11.3. The zero-order valence-corrected chi connectivity index (χ0v) is 19.3. The van der Waals surface area contributed by atoms with Gasteiger partial charge in [-0.05, 0) is 46.2 Å². The average molecular weight is 479 g/mol. The average Bonchev–Trinajstić information content (AvgIpc) is 3.17. The number of aliphatic hydroxyl groups is 1. The lowest BCUT2D eigenvalue weighted by atomic mass is 9.91. The van der Waals surface area contributed by atoms with Crippen molar-refractivity contribution in [1.29, 1.82) is 0 Å². The lowest BCUT2D eigenvalue weighted by molar-refractivity contribution is -0.140. The summed E-state index contributed by atoms with van der Waals surface area (Å²) in [5.41, 5.74) is 1.96. The largest absolute Gasteiger partial charge is 0.507 e. The second kappa shape index (κ2) is 8.85. The zero-order valence-electron chi connectivity index (χ0n) is 19.3. The number of hydrogen-bond acceptors (Lipinski definition) is 6. The number of rotatable bonds is 4. The summed E-state index contributed by atoms with van der Waals surface area (Å²) in [5.74, 6) is -0.603. The van der Waals surface area contributed by atoms with E-state index in [1.54, 1.807) is 36.7 Å². The van der Waals surface area contributed by atoms with E-state index in [0.29, 0.717) is 30.3 Å². The maximum atomic E-state index is 13.4. The first kappa shape index (κ1) is 21.9. The summed E-state index contributed by atoms with van der Waals surface area (Å²) in [6.07, 6.45) is 3.32. The Morgan fingerprint density at radius 1 is 0.944 bits per heavy atom. The molecule has 4 aromatic rings. The van der Waals surface area contributed by atoms with E-state index in [0.717, 1.165) is 21.9 Å². The van der Waals surface area contributed by atoms with Crippen LogP contribution in [0.5, 0.6) is 11.5 Å². The van der Waals surface area contributed by atoms with E-state index in [-0.39, 0.29) is 17.9 Å². The monoisotopic (exact) mass is 478 g/mol. The quantitative estimate of drug-likeness (QED) is 0.261. The van der Waals surface area contributed by atoms with Crippen LogP contribution in [0.1, 0.15) is 22.7 Å². The highest BCUT2D eigenvalue weighted by Crippen LogP contribution is 2.43. The summed E-state index contributed by atoms with van der Waals surface area (Å²) in [5, 5.41) is 13.3. The lowest BCUT2D eigenvalue weighted by Gasteiger charge is -2.26. The van der Waals surface area contributed by atoms with Crippen LogP contribution in [0.25, 0.3) is 16.5 Å².